The summed E-state index contributed by atoms with van der Waals surface area (Å²) in [5, 5.41) is 4.97. The molecular formula is C18H24N2. The molecule has 20 heavy (non-hydrogen) atoms. The monoisotopic (exact) mass is 268 g/mol. The lowest BCUT2D eigenvalue weighted by atomic mass is 9.77. The van der Waals surface area contributed by atoms with Crippen LogP contribution in [0.5, 0.6) is 0 Å². The lowest BCUT2D eigenvalue weighted by Gasteiger charge is -2.35. The second kappa shape index (κ2) is 5.53. The summed E-state index contributed by atoms with van der Waals surface area (Å²) < 4.78 is 0. The minimum absolute atomic E-state index is 0.395. The fraction of sp³-hybridized carbons (Fsp3) is 0.500. The van der Waals surface area contributed by atoms with E-state index in [0.29, 0.717) is 11.5 Å². The van der Waals surface area contributed by atoms with Crippen molar-refractivity contribution < 1.29 is 0 Å². The van der Waals surface area contributed by atoms with Gasteiger partial charge in [-0.3, -0.25) is 4.98 Å². The molecule has 1 aliphatic rings. The highest BCUT2D eigenvalue weighted by molar-refractivity contribution is 5.79. The number of nitrogens with zero attached hydrogens (tertiary/aromatic N) is 1. The molecule has 1 aromatic heterocycles. The summed E-state index contributed by atoms with van der Waals surface area (Å²) in [7, 11) is 0. The number of fused-ring (bicyclic) bond motifs is 1. The van der Waals surface area contributed by atoms with Crippen LogP contribution in [-0.2, 0) is 0 Å². The van der Waals surface area contributed by atoms with E-state index in [2.05, 4.69) is 48.4 Å². The first-order valence-electron chi connectivity index (χ1n) is 7.81. The smallest absolute Gasteiger partial charge is 0.0702 e. The first-order valence-corrected chi connectivity index (χ1v) is 7.81. The van der Waals surface area contributed by atoms with Crippen molar-refractivity contribution in [3.8, 4) is 0 Å². The van der Waals surface area contributed by atoms with Crippen LogP contribution >= 0.6 is 0 Å². The quantitative estimate of drug-likeness (QED) is 0.885. The van der Waals surface area contributed by atoms with E-state index in [1.54, 1.807) is 0 Å². The molecule has 0 bridgehead atoms. The van der Waals surface area contributed by atoms with Gasteiger partial charge in [-0.1, -0.05) is 38.8 Å². The molecule has 1 N–H and O–H groups in total. The maximum Gasteiger partial charge on any atom is 0.0702 e. The molecule has 106 valence electrons. The maximum atomic E-state index is 4.42. The summed E-state index contributed by atoms with van der Waals surface area (Å²) in [5.41, 5.74) is 2.89. The largest absolute Gasteiger partial charge is 0.310 e. The minimum atomic E-state index is 0.395. The third-order valence-electron chi connectivity index (χ3n) is 4.81. The van der Waals surface area contributed by atoms with Crippen LogP contribution in [-0.4, -0.2) is 11.5 Å². The first kappa shape index (κ1) is 13.6. The molecule has 1 heterocycles. The van der Waals surface area contributed by atoms with E-state index in [0.717, 1.165) is 12.1 Å². The summed E-state index contributed by atoms with van der Waals surface area (Å²) >= 11 is 0. The summed E-state index contributed by atoms with van der Waals surface area (Å²) in [6.45, 7) is 5.67. The lowest BCUT2D eigenvalue weighted by molar-refractivity contribution is 0.226. The molecule has 0 radical (unpaired) electrons. The lowest BCUT2D eigenvalue weighted by Crippen LogP contribution is -2.34. The number of aromatic nitrogens is 1. The summed E-state index contributed by atoms with van der Waals surface area (Å²) in [5.74, 6) is 0. The zero-order chi connectivity index (χ0) is 14.0. The first-order chi connectivity index (χ1) is 9.73. The van der Waals surface area contributed by atoms with E-state index >= 15 is 0 Å². The Balaban J connectivity index is 2.00. The Kier molecular flexibility index (Phi) is 3.75. The van der Waals surface area contributed by atoms with Gasteiger partial charge in [0.05, 0.1) is 5.52 Å². The Morgan fingerprint density at radius 3 is 2.80 bits per heavy atom. The normalized spacial score (nSPS) is 19.3. The highest BCUT2D eigenvalue weighted by atomic mass is 14.9. The molecule has 3 rings (SSSR count). The van der Waals surface area contributed by atoms with Crippen LogP contribution in [0.15, 0.2) is 36.5 Å². The molecule has 1 saturated carbocycles. The van der Waals surface area contributed by atoms with Gasteiger partial charge in [-0.05, 0) is 48.6 Å². The molecule has 0 amide bonds. The van der Waals surface area contributed by atoms with E-state index in [-0.39, 0.29) is 0 Å². The third-order valence-corrected chi connectivity index (χ3v) is 4.81. The maximum absolute atomic E-state index is 4.42. The molecule has 0 spiro atoms. The third kappa shape index (κ3) is 2.45. The van der Waals surface area contributed by atoms with Crippen LogP contribution in [0.2, 0.25) is 0 Å². The van der Waals surface area contributed by atoms with Crippen molar-refractivity contribution in [1.82, 2.24) is 10.3 Å². The predicted octanol–water partition coefficient (Wildman–Crippen LogP) is 4.47. The topological polar surface area (TPSA) is 24.9 Å². The van der Waals surface area contributed by atoms with Crippen molar-refractivity contribution in [2.75, 3.05) is 6.54 Å². The zero-order valence-electron chi connectivity index (χ0n) is 12.5. The predicted molar refractivity (Wildman–Crippen MR) is 84.7 cm³/mol. The van der Waals surface area contributed by atoms with Gasteiger partial charge in [0.25, 0.3) is 0 Å². The molecular weight excluding hydrogens is 244 g/mol. The van der Waals surface area contributed by atoms with E-state index in [1.807, 2.05) is 12.3 Å². The number of hydrogen-bond acceptors (Lipinski definition) is 2. The van der Waals surface area contributed by atoms with Gasteiger partial charge in [-0.15, -0.1) is 0 Å². The summed E-state index contributed by atoms with van der Waals surface area (Å²) in [6.07, 6.45) is 7.26. The van der Waals surface area contributed by atoms with Crippen molar-refractivity contribution >= 4 is 10.9 Å². The van der Waals surface area contributed by atoms with E-state index < -0.39 is 0 Å². The van der Waals surface area contributed by atoms with Gasteiger partial charge in [0, 0.05) is 17.6 Å². The average Bonchev–Trinajstić information content (AvgIpc) is 2.92. The summed E-state index contributed by atoms with van der Waals surface area (Å²) in [6, 6.07) is 11.4. The number of benzene rings is 1. The van der Waals surface area contributed by atoms with Gasteiger partial charge >= 0.3 is 0 Å². The molecule has 1 atom stereocenters. The number of pyridine rings is 1. The van der Waals surface area contributed by atoms with Gasteiger partial charge in [0.2, 0.25) is 0 Å². The van der Waals surface area contributed by atoms with Gasteiger partial charge < -0.3 is 5.32 Å². The van der Waals surface area contributed by atoms with Gasteiger partial charge in [0.1, 0.15) is 0 Å². The SMILES string of the molecule is CCNC(c1ccc2ncccc2c1)C1(C)CCCC1. The fourth-order valence-corrected chi connectivity index (χ4v) is 3.72. The van der Waals surface area contributed by atoms with Crippen molar-refractivity contribution in [2.24, 2.45) is 5.41 Å². The van der Waals surface area contributed by atoms with Crippen LogP contribution in [0, 0.1) is 5.41 Å². The van der Waals surface area contributed by atoms with Crippen LogP contribution in [0.1, 0.15) is 51.1 Å². The molecule has 2 nitrogen and oxygen atoms in total. The van der Waals surface area contributed by atoms with E-state index in [9.17, 15) is 0 Å². The molecule has 2 heteroatoms. The van der Waals surface area contributed by atoms with Crippen LogP contribution in [0.4, 0.5) is 0 Å². The Bertz CT molecular complexity index is 585. The fourth-order valence-electron chi connectivity index (χ4n) is 3.72. The van der Waals surface area contributed by atoms with Crippen molar-refractivity contribution in [3.63, 3.8) is 0 Å². The summed E-state index contributed by atoms with van der Waals surface area (Å²) in [4.78, 5) is 4.42. The van der Waals surface area contributed by atoms with Crippen molar-refractivity contribution in [2.45, 2.75) is 45.6 Å². The second-order valence-electron chi connectivity index (χ2n) is 6.31. The van der Waals surface area contributed by atoms with Crippen molar-refractivity contribution in [3.05, 3.63) is 42.1 Å². The Hall–Kier alpha value is -1.41. The Morgan fingerprint density at radius 1 is 1.25 bits per heavy atom. The van der Waals surface area contributed by atoms with E-state index in [1.165, 1.54) is 36.6 Å². The zero-order valence-corrected chi connectivity index (χ0v) is 12.5. The number of nitrogens with one attached hydrogen (secondary N) is 1. The second-order valence-corrected chi connectivity index (χ2v) is 6.31. The number of rotatable bonds is 4. The van der Waals surface area contributed by atoms with Crippen LogP contribution in [0.3, 0.4) is 0 Å². The van der Waals surface area contributed by atoms with Crippen LogP contribution < -0.4 is 5.32 Å². The molecule has 0 saturated heterocycles. The Labute approximate surface area is 121 Å². The molecule has 2 aromatic rings. The average molecular weight is 268 g/mol. The molecule has 1 aliphatic carbocycles. The highest BCUT2D eigenvalue weighted by Gasteiger charge is 2.37. The molecule has 0 aliphatic heterocycles. The van der Waals surface area contributed by atoms with E-state index in [4.69, 9.17) is 0 Å². The standard InChI is InChI=1S/C18H24N2/c1-3-19-17(18(2)10-4-5-11-18)15-8-9-16-14(13-15)7-6-12-20-16/h6-9,12-13,17,19H,3-5,10-11H2,1-2H3. The van der Waals surface area contributed by atoms with Crippen LogP contribution in [0.25, 0.3) is 10.9 Å². The molecule has 1 fully saturated rings. The van der Waals surface area contributed by atoms with Crippen molar-refractivity contribution in [1.29, 1.82) is 0 Å². The highest BCUT2D eigenvalue weighted by Crippen LogP contribution is 2.47. The van der Waals surface area contributed by atoms with Gasteiger partial charge in [0.15, 0.2) is 0 Å². The van der Waals surface area contributed by atoms with Gasteiger partial charge in [-0.25, -0.2) is 0 Å². The number of hydrogen-bond donors (Lipinski definition) is 1. The minimum Gasteiger partial charge on any atom is -0.310 e. The molecule has 1 unspecified atom stereocenters. The Morgan fingerprint density at radius 2 is 2.05 bits per heavy atom. The molecule has 1 aromatic carbocycles. The van der Waals surface area contributed by atoms with Gasteiger partial charge in [-0.2, -0.15) is 0 Å².